The zero-order chi connectivity index (χ0) is 17.6. The van der Waals surface area contributed by atoms with Gasteiger partial charge in [-0.3, -0.25) is 0 Å². The fourth-order valence-corrected chi connectivity index (χ4v) is 5.01. The van der Waals surface area contributed by atoms with Crippen LogP contribution in [0, 0.1) is 0 Å². The summed E-state index contributed by atoms with van der Waals surface area (Å²) in [5.41, 5.74) is 3.18. The minimum Gasteiger partial charge on any atom is -0.302 e. The second kappa shape index (κ2) is 5.93. The molecule has 0 bridgehead atoms. The van der Waals surface area contributed by atoms with Crippen LogP contribution in [0.2, 0.25) is 0 Å². The largest absolute Gasteiger partial charge is 0.302 e. The van der Waals surface area contributed by atoms with Crippen LogP contribution >= 0.6 is 0 Å². The molecular formula is C18H20N4O2S. The Kier molecular flexibility index (Phi) is 3.85. The van der Waals surface area contributed by atoms with Crippen LogP contribution in [0.25, 0.3) is 5.65 Å². The van der Waals surface area contributed by atoms with E-state index in [0.29, 0.717) is 17.8 Å². The fraction of sp³-hybridized carbons (Fsp3) is 0.333. The van der Waals surface area contributed by atoms with Crippen molar-refractivity contribution in [3.63, 3.8) is 0 Å². The van der Waals surface area contributed by atoms with Gasteiger partial charge in [-0.25, -0.2) is 17.9 Å². The van der Waals surface area contributed by atoms with Gasteiger partial charge in [0.1, 0.15) is 4.90 Å². The van der Waals surface area contributed by atoms with Crippen LogP contribution in [0.1, 0.15) is 23.9 Å². The smallest absolute Gasteiger partial charge is 0.212 e. The van der Waals surface area contributed by atoms with Gasteiger partial charge in [0, 0.05) is 31.3 Å². The van der Waals surface area contributed by atoms with Gasteiger partial charge in [0.15, 0.2) is 5.65 Å². The zero-order valence-electron chi connectivity index (χ0n) is 14.3. The van der Waals surface area contributed by atoms with Crippen LogP contribution in [0.4, 0.5) is 0 Å². The van der Waals surface area contributed by atoms with Gasteiger partial charge in [0.25, 0.3) is 0 Å². The molecule has 0 N–H and O–H groups in total. The molecule has 0 atom stereocenters. The molecule has 2 aromatic heterocycles. The standard InChI is InChI=1S/C18H20N4O2S/c1-3-15-17(25(23,24)14-7-5-4-6-8-14)18-19-11-13-12-21(2)10-9-16(13)22(18)20-15/h4-8,11H,3,9-10,12H2,1-2H3. The average Bonchev–Trinajstić information content (AvgIpc) is 3.02. The van der Waals surface area contributed by atoms with Crippen molar-refractivity contribution in [3.8, 4) is 0 Å². The van der Waals surface area contributed by atoms with E-state index in [9.17, 15) is 8.42 Å². The van der Waals surface area contributed by atoms with Crippen LogP contribution < -0.4 is 0 Å². The Balaban J connectivity index is 1.99. The van der Waals surface area contributed by atoms with Crippen LogP contribution in [0.3, 0.4) is 0 Å². The topological polar surface area (TPSA) is 67.6 Å². The van der Waals surface area contributed by atoms with Crippen molar-refractivity contribution in [1.29, 1.82) is 0 Å². The molecule has 0 amide bonds. The summed E-state index contributed by atoms with van der Waals surface area (Å²) < 4.78 is 28.2. The van der Waals surface area contributed by atoms with Gasteiger partial charge in [-0.2, -0.15) is 5.10 Å². The van der Waals surface area contributed by atoms with E-state index in [1.807, 2.05) is 6.92 Å². The van der Waals surface area contributed by atoms with E-state index in [2.05, 4.69) is 22.0 Å². The number of likely N-dealkylation sites (N-methyl/N-ethyl adjacent to an activating group) is 1. The van der Waals surface area contributed by atoms with Crippen LogP contribution in [-0.2, 0) is 29.2 Å². The zero-order valence-corrected chi connectivity index (χ0v) is 15.1. The van der Waals surface area contributed by atoms with E-state index >= 15 is 0 Å². The molecular weight excluding hydrogens is 336 g/mol. The minimum atomic E-state index is -3.66. The van der Waals surface area contributed by atoms with E-state index in [0.717, 1.165) is 30.8 Å². The number of fused-ring (bicyclic) bond motifs is 3. The summed E-state index contributed by atoms with van der Waals surface area (Å²) >= 11 is 0. The molecule has 6 nitrogen and oxygen atoms in total. The Bertz CT molecular complexity index is 1040. The molecule has 0 radical (unpaired) electrons. The van der Waals surface area contributed by atoms with Crippen molar-refractivity contribution in [3.05, 3.63) is 53.5 Å². The molecule has 3 heterocycles. The van der Waals surface area contributed by atoms with Gasteiger partial charge in [0.05, 0.1) is 16.3 Å². The molecule has 0 saturated carbocycles. The Morgan fingerprint density at radius 3 is 2.68 bits per heavy atom. The van der Waals surface area contributed by atoms with E-state index in [4.69, 9.17) is 0 Å². The highest BCUT2D eigenvalue weighted by Crippen LogP contribution is 2.29. The first kappa shape index (κ1) is 16.2. The van der Waals surface area contributed by atoms with Crippen molar-refractivity contribution < 1.29 is 8.42 Å². The first-order chi connectivity index (χ1) is 12.0. The van der Waals surface area contributed by atoms with Gasteiger partial charge < -0.3 is 4.90 Å². The average molecular weight is 356 g/mol. The normalized spacial score (nSPS) is 15.4. The number of sulfone groups is 1. The number of hydrogen-bond acceptors (Lipinski definition) is 5. The van der Waals surface area contributed by atoms with E-state index in [1.54, 1.807) is 41.0 Å². The molecule has 0 aliphatic carbocycles. The molecule has 25 heavy (non-hydrogen) atoms. The third-order valence-electron chi connectivity index (χ3n) is 4.68. The third kappa shape index (κ3) is 2.54. The first-order valence-electron chi connectivity index (χ1n) is 8.39. The van der Waals surface area contributed by atoms with Gasteiger partial charge >= 0.3 is 0 Å². The Hall–Kier alpha value is -2.25. The summed E-state index contributed by atoms with van der Waals surface area (Å²) in [6.45, 7) is 3.65. The number of aromatic nitrogens is 3. The predicted molar refractivity (Wildman–Crippen MR) is 94.3 cm³/mol. The Morgan fingerprint density at radius 1 is 1.20 bits per heavy atom. The second-order valence-electron chi connectivity index (χ2n) is 6.40. The summed E-state index contributed by atoms with van der Waals surface area (Å²) in [6.07, 6.45) is 3.17. The van der Waals surface area contributed by atoms with E-state index in [1.165, 1.54) is 0 Å². The maximum atomic E-state index is 13.2. The quantitative estimate of drug-likeness (QED) is 0.719. The highest BCUT2D eigenvalue weighted by atomic mass is 32.2. The van der Waals surface area contributed by atoms with Crippen LogP contribution in [-0.4, -0.2) is 41.5 Å². The highest BCUT2D eigenvalue weighted by molar-refractivity contribution is 7.91. The lowest BCUT2D eigenvalue weighted by molar-refractivity contribution is 0.307. The number of nitrogens with zero attached hydrogens (tertiary/aromatic N) is 4. The first-order valence-corrected chi connectivity index (χ1v) is 9.87. The molecule has 0 unspecified atom stereocenters. The summed E-state index contributed by atoms with van der Waals surface area (Å²) in [7, 11) is -1.59. The molecule has 0 fully saturated rings. The number of aryl methyl sites for hydroxylation is 1. The van der Waals surface area contributed by atoms with Crippen molar-refractivity contribution >= 4 is 15.5 Å². The summed E-state index contributed by atoms with van der Waals surface area (Å²) in [5, 5.41) is 4.62. The SMILES string of the molecule is CCc1nn2c3c(cnc2c1S(=O)(=O)c1ccccc1)CN(C)CC3. The monoisotopic (exact) mass is 356 g/mol. The maximum Gasteiger partial charge on any atom is 0.212 e. The van der Waals surface area contributed by atoms with Crippen LogP contribution in [0.15, 0.2) is 46.3 Å². The number of benzene rings is 1. The summed E-state index contributed by atoms with van der Waals surface area (Å²) in [4.78, 5) is 7.22. The Morgan fingerprint density at radius 2 is 1.96 bits per heavy atom. The summed E-state index contributed by atoms with van der Waals surface area (Å²) in [5.74, 6) is 0. The van der Waals surface area contributed by atoms with E-state index < -0.39 is 9.84 Å². The van der Waals surface area contributed by atoms with Crippen molar-refractivity contribution in [2.24, 2.45) is 0 Å². The number of rotatable bonds is 3. The van der Waals surface area contributed by atoms with Crippen LogP contribution in [0.5, 0.6) is 0 Å². The molecule has 1 aliphatic rings. The highest BCUT2D eigenvalue weighted by Gasteiger charge is 2.29. The lowest BCUT2D eigenvalue weighted by Crippen LogP contribution is -2.28. The molecule has 0 saturated heterocycles. The molecule has 3 aromatic rings. The molecule has 0 spiro atoms. The van der Waals surface area contributed by atoms with Crippen molar-refractivity contribution in [2.45, 2.75) is 36.1 Å². The Labute approximate surface area is 147 Å². The van der Waals surface area contributed by atoms with Crippen molar-refractivity contribution in [1.82, 2.24) is 19.5 Å². The lowest BCUT2D eigenvalue weighted by Gasteiger charge is -2.24. The lowest BCUT2D eigenvalue weighted by atomic mass is 10.1. The third-order valence-corrected chi connectivity index (χ3v) is 6.53. The second-order valence-corrected chi connectivity index (χ2v) is 8.29. The summed E-state index contributed by atoms with van der Waals surface area (Å²) in [6, 6.07) is 8.50. The van der Waals surface area contributed by atoms with Gasteiger partial charge in [-0.05, 0) is 25.6 Å². The fourth-order valence-electron chi connectivity index (χ4n) is 3.38. The molecule has 1 aromatic carbocycles. The van der Waals surface area contributed by atoms with Crippen molar-refractivity contribution in [2.75, 3.05) is 13.6 Å². The van der Waals surface area contributed by atoms with Gasteiger partial charge in [-0.1, -0.05) is 25.1 Å². The minimum absolute atomic E-state index is 0.239. The number of hydrogen-bond donors (Lipinski definition) is 0. The van der Waals surface area contributed by atoms with Gasteiger partial charge in [-0.15, -0.1) is 0 Å². The molecule has 4 rings (SSSR count). The molecule has 130 valence electrons. The van der Waals surface area contributed by atoms with E-state index in [-0.39, 0.29) is 9.79 Å². The molecule has 7 heteroatoms. The maximum absolute atomic E-state index is 13.2. The molecule has 1 aliphatic heterocycles. The predicted octanol–water partition coefficient (Wildman–Crippen LogP) is 2.11. The van der Waals surface area contributed by atoms with Gasteiger partial charge in [0.2, 0.25) is 9.84 Å².